The fourth-order valence-corrected chi connectivity index (χ4v) is 4.57. The van der Waals surface area contributed by atoms with Gasteiger partial charge in [-0.15, -0.1) is 0 Å². The number of nitrogens with one attached hydrogen (secondary N) is 2. The van der Waals surface area contributed by atoms with Crippen LogP contribution in [0.4, 0.5) is 0 Å². The standard InChI is InChI=1S/C19H20N2O5S/c1-26-11-10-20-8-9-21-19(23)13-6-7-15-17(12-13)27(24,25)16-5-3-2-4-14(16)18(15)22/h2-7,12,20H,8-11H2,1H3,(H,21,23). The van der Waals surface area contributed by atoms with Crippen LogP contribution in [0, 0.1) is 0 Å². The molecular formula is C19H20N2O5S. The number of methoxy groups -OCH3 is 1. The lowest BCUT2D eigenvalue weighted by Crippen LogP contribution is -2.33. The van der Waals surface area contributed by atoms with Crippen LogP contribution in [-0.2, 0) is 14.6 Å². The van der Waals surface area contributed by atoms with E-state index < -0.39 is 15.7 Å². The van der Waals surface area contributed by atoms with Crippen LogP contribution < -0.4 is 10.6 Å². The van der Waals surface area contributed by atoms with Crippen molar-refractivity contribution in [1.82, 2.24) is 10.6 Å². The molecule has 8 heteroatoms. The largest absolute Gasteiger partial charge is 0.383 e. The summed E-state index contributed by atoms with van der Waals surface area (Å²) < 4.78 is 30.7. The molecule has 0 fully saturated rings. The molecule has 1 aliphatic rings. The maximum atomic E-state index is 12.9. The van der Waals surface area contributed by atoms with Gasteiger partial charge in [-0.3, -0.25) is 9.59 Å². The Morgan fingerprint density at radius 1 is 1.00 bits per heavy atom. The fourth-order valence-electron chi connectivity index (χ4n) is 2.89. The minimum Gasteiger partial charge on any atom is -0.383 e. The number of ketones is 1. The first-order valence-corrected chi connectivity index (χ1v) is 9.96. The fraction of sp³-hybridized carbons (Fsp3) is 0.263. The highest BCUT2D eigenvalue weighted by Crippen LogP contribution is 2.34. The molecule has 0 aromatic heterocycles. The Morgan fingerprint density at radius 2 is 1.74 bits per heavy atom. The molecule has 7 nitrogen and oxygen atoms in total. The van der Waals surface area contributed by atoms with Gasteiger partial charge in [0, 0.05) is 43.4 Å². The molecule has 27 heavy (non-hydrogen) atoms. The minimum atomic E-state index is -3.85. The van der Waals surface area contributed by atoms with Crippen molar-refractivity contribution in [2.75, 3.05) is 33.4 Å². The van der Waals surface area contributed by atoms with Gasteiger partial charge in [0.15, 0.2) is 5.78 Å². The van der Waals surface area contributed by atoms with E-state index in [1.54, 1.807) is 19.2 Å². The Hall–Kier alpha value is -2.55. The van der Waals surface area contributed by atoms with Gasteiger partial charge in [-0.05, 0) is 30.3 Å². The van der Waals surface area contributed by atoms with Crippen LogP contribution in [0.25, 0.3) is 0 Å². The molecule has 1 amide bonds. The summed E-state index contributed by atoms with van der Waals surface area (Å²) in [5.74, 6) is -0.752. The molecule has 1 heterocycles. The van der Waals surface area contributed by atoms with E-state index in [1.807, 2.05) is 0 Å². The van der Waals surface area contributed by atoms with Crippen LogP contribution >= 0.6 is 0 Å². The van der Waals surface area contributed by atoms with Gasteiger partial charge in [-0.2, -0.15) is 0 Å². The third-order valence-corrected chi connectivity index (χ3v) is 6.12. The third kappa shape index (κ3) is 3.78. The van der Waals surface area contributed by atoms with E-state index in [2.05, 4.69) is 10.6 Å². The number of amides is 1. The number of ether oxygens (including phenoxy) is 1. The molecule has 0 aliphatic carbocycles. The van der Waals surface area contributed by atoms with Crippen LogP contribution in [0.2, 0.25) is 0 Å². The number of sulfone groups is 1. The van der Waals surface area contributed by atoms with Crippen molar-refractivity contribution in [1.29, 1.82) is 0 Å². The number of hydrogen-bond acceptors (Lipinski definition) is 6. The zero-order chi connectivity index (χ0) is 19.4. The van der Waals surface area contributed by atoms with Crippen LogP contribution in [-0.4, -0.2) is 53.5 Å². The lowest BCUT2D eigenvalue weighted by atomic mass is 10.0. The molecule has 3 rings (SSSR count). The van der Waals surface area contributed by atoms with E-state index in [0.717, 1.165) is 0 Å². The van der Waals surface area contributed by atoms with Crippen LogP contribution in [0.5, 0.6) is 0 Å². The smallest absolute Gasteiger partial charge is 0.251 e. The van der Waals surface area contributed by atoms with Crippen molar-refractivity contribution in [3.63, 3.8) is 0 Å². The zero-order valence-corrected chi connectivity index (χ0v) is 15.6. The Bertz CT molecular complexity index is 985. The molecule has 0 spiro atoms. The van der Waals surface area contributed by atoms with Gasteiger partial charge < -0.3 is 15.4 Å². The van der Waals surface area contributed by atoms with E-state index in [4.69, 9.17) is 4.74 Å². The normalized spacial score (nSPS) is 14.3. The summed E-state index contributed by atoms with van der Waals surface area (Å²) in [6.45, 7) is 2.19. The first kappa shape index (κ1) is 19.2. The summed E-state index contributed by atoms with van der Waals surface area (Å²) in [6, 6.07) is 10.2. The number of rotatable bonds is 7. The Balaban J connectivity index is 1.80. The molecule has 1 aliphatic heterocycles. The van der Waals surface area contributed by atoms with Gasteiger partial charge >= 0.3 is 0 Å². The lowest BCUT2D eigenvalue weighted by Gasteiger charge is -2.19. The maximum Gasteiger partial charge on any atom is 0.251 e. The van der Waals surface area contributed by atoms with E-state index in [1.165, 1.54) is 30.3 Å². The number of carbonyl (C=O) groups excluding carboxylic acids is 2. The van der Waals surface area contributed by atoms with Crippen molar-refractivity contribution in [3.05, 3.63) is 59.2 Å². The monoisotopic (exact) mass is 388 g/mol. The van der Waals surface area contributed by atoms with Crippen LogP contribution in [0.1, 0.15) is 26.3 Å². The number of fused-ring (bicyclic) bond motifs is 2. The Morgan fingerprint density at radius 3 is 2.52 bits per heavy atom. The molecule has 0 bridgehead atoms. The molecule has 0 radical (unpaired) electrons. The second-order valence-corrected chi connectivity index (χ2v) is 7.92. The summed E-state index contributed by atoms with van der Waals surface area (Å²) in [5.41, 5.74) is 0.442. The highest BCUT2D eigenvalue weighted by atomic mass is 32.2. The molecule has 0 atom stereocenters. The van der Waals surface area contributed by atoms with E-state index in [-0.39, 0.29) is 32.3 Å². The average molecular weight is 388 g/mol. The van der Waals surface area contributed by atoms with Gasteiger partial charge in [0.25, 0.3) is 5.91 Å². The molecule has 0 unspecified atom stereocenters. The van der Waals surface area contributed by atoms with E-state index >= 15 is 0 Å². The topological polar surface area (TPSA) is 102 Å². The SMILES string of the molecule is COCCNCCNC(=O)c1ccc2c(c1)S(=O)(=O)c1ccccc1C2=O. The predicted octanol–water partition coefficient (Wildman–Crippen LogP) is 1.03. The summed E-state index contributed by atoms with van der Waals surface area (Å²) in [6.07, 6.45) is 0. The van der Waals surface area contributed by atoms with Gasteiger partial charge in [-0.1, -0.05) is 12.1 Å². The second kappa shape index (κ2) is 7.99. The lowest BCUT2D eigenvalue weighted by molar-refractivity contribution is 0.0951. The molecular weight excluding hydrogens is 368 g/mol. The maximum absolute atomic E-state index is 12.9. The average Bonchev–Trinajstić information content (AvgIpc) is 2.68. The summed E-state index contributed by atoms with van der Waals surface area (Å²) in [5, 5.41) is 5.81. The minimum absolute atomic E-state index is 0.0256. The van der Waals surface area contributed by atoms with Crippen molar-refractivity contribution in [2.45, 2.75) is 9.79 Å². The quantitative estimate of drug-likeness (QED) is 0.586. The Labute approximate surface area is 157 Å². The Kier molecular flexibility index (Phi) is 5.69. The summed E-state index contributed by atoms with van der Waals surface area (Å²) in [7, 11) is -2.24. The van der Waals surface area contributed by atoms with Gasteiger partial charge in [-0.25, -0.2) is 8.42 Å². The predicted molar refractivity (Wildman–Crippen MR) is 98.8 cm³/mol. The van der Waals surface area contributed by atoms with Crippen molar-refractivity contribution < 1.29 is 22.7 Å². The first-order chi connectivity index (χ1) is 13.0. The van der Waals surface area contributed by atoms with Crippen molar-refractivity contribution >= 4 is 21.5 Å². The highest BCUT2D eigenvalue weighted by molar-refractivity contribution is 7.91. The highest BCUT2D eigenvalue weighted by Gasteiger charge is 2.34. The summed E-state index contributed by atoms with van der Waals surface area (Å²) >= 11 is 0. The second-order valence-electron chi connectivity index (χ2n) is 6.04. The number of benzene rings is 2. The summed E-state index contributed by atoms with van der Waals surface area (Å²) in [4.78, 5) is 24.8. The van der Waals surface area contributed by atoms with Crippen molar-refractivity contribution in [2.24, 2.45) is 0 Å². The van der Waals surface area contributed by atoms with Crippen LogP contribution in [0.3, 0.4) is 0 Å². The molecule has 2 N–H and O–H groups in total. The molecule has 142 valence electrons. The third-order valence-electron chi connectivity index (χ3n) is 4.27. The number of carbonyl (C=O) groups is 2. The molecule has 0 saturated carbocycles. The van der Waals surface area contributed by atoms with E-state index in [9.17, 15) is 18.0 Å². The van der Waals surface area contributed by atoms with Gasteiger partial charge in [0.05, 0.1) is 16.4 Å². The molecule has 2 aromatic carbocycles. The van der Waals surface area contributed by atoms with Gasteiger partial charge in [0.1, 0.15) is 0 Å². The number of hydrogen-bond donors (Lipinski definition) is 2. The van der Waals surface area contributed by atoms with E-state index in [0.29, 0.717) is 26.2 Å². The first-order valence-electron chi connectivity index (χ1n) is 8.47. The molecule has 2 aromatic rings. The van der Waals surface area contributed by atoms with Gasteiger partial charge in [0.2, 0.25) is 9.84 Å². The van der Waals surface area contributed by atoms with Crippen LogP contribution in [0.15, 0.2) is 52.3 Å². The van der Waals surface area contributed by atoms with Crippen molar-refractivity contribution in [3.8, 4) is 0 Å². The molecule has 0 saturated heterocycles. The zero-order valence-electron chi connectivity index (χ0n) is 14.8.